The highest BCUT2D eigenvalue weighted by molar-refractivity contribution is 6.44. The summed E-state index contributed by atoms with van der Waals surface area (Å²) in [4.78, 5) is 16.9. The van der Waals surface area contributed by atoms with Gasteiger partial charge in [-0.05, 0) is 35.9 Å². The van der Waals surface area contributed by atoms with E-state index in [1.54, 1.807) is 6.92 Å². The number of halogens is 1. The van der Waals surface area contributed by atoms with Gasteiger partial charge in [-0.3, -0.25) is 9.69 Å². The van der Waals surface area contributed by atoms with Crippen LogP contribution in [0.15, 0.2) is 84.0 Å². The highest BCUT2D eigenvalue weighted by Gasteiger charge is 2.39. The van der Waals surface area contributed by atoms with Gasteiger partial charge in [-0.1, -0.05) is 60.1 Å². The van der Waals surface area contributed by atoms with Crippen molar-refractivity contribution in [1.29, 1.82) is 0 Å². The summed E-state index contributed by atoms with van der Waals surface area (Å²) in [6, 6.07) is 25.9. The van der Waals surface area contributed by atoms with Gasteiger partial charge in [-0.25, -0.2) is 5.01 Å². The van der Waals surface area contributed by atoms with Gasteiger partial charge in [0.1, 0.15) is 0 Å². The number of benzene rings is 3. The Balaban J connectivity index is 1.60. The van der Waals surface area contributed by atoms with Crippen LogP contribution in [0.4, 0.5) is 17.1 Å². The molecule has 0 amide bonds. The Morgan fingerprint density at radius 1 is 0.939 bits per heavy atom. The van der Waals surface area contributed by atoms with Crippen LogP contribution in [-0.2, 0) is 9.53 Å². The molecular weight excluding hydrogens is 436 g/mol. The Kier molecular flexibility index (Phi) is 6.03. The first kappa shape index (κ1) is 21.5. The summed E-state index contributed by atoms with van der Waals surface area (Å²) < 4.78 is 5.47. The number of para-hydroxylation sites is 1. The number of carbonyl (C=O) groups is 1. The fourth-order valence-corrected chi connectivity index (χ4v) is 4.63. The molecule has 1 saturated heterocycles. The number of hydrazone groups is 1. The van der Waals surface area contributed by atoms with Gasteiger partial charge in [-0.15, -0.1) is 5.10 Å². The summed E-state index contributed by atoms with van der Waals surface area (Å²) in [5.74, 6) is 0.269. The number of carbonyl (C=O) groups excluding carboxylic acids is 1. The van der Waals surface area contributed by atoms with E-state index < -0.39 is 0 Å². The van der Waals surface area contributed by atoms with Crippen LogP contribution >= 0.6 is 11.6 Å². The molecule has 0 N–H and O–H groups in total. The number of anilines is 3. The molecule has 3 aromatic rings. The highest BCUT2D eigenvalue weighted by atomic mass is 35.5. The molecule has 3 aromatic carbocycles. The Hall–Kier alpha value is -3.35. The molecule has 1 atom stereocenters. The molecule has 0 spiro atoms. The van der Waals surface area contributed by atoms with Gasteiger partial charge < -0.3 is 9.64 Å². The standard InChI is InChI=1S/C26H25ClN4O2/c1-19(32)25-28-31(21-10-6-3-7-11-21)26(20-8-4-2-5-9-20)30(25)22-12-13-24(23(27)18-22)29-14-16-33-17-15-29/h2-13,18,26H,14-17H2,1H3. The van der Waals surface area contributed by atoms with Crippen LogP contribution in [0.2, 0.25) is 5.02 Å². The molecule has 6 nitrogen and oxygen atoms in total. The van der Waals surface area contributed by atoms with E-state index in [9.17, 15) is 4.79 Å². The average Bonchev–Trinajstić information content (AvgIpc) is 3.27. The van der Waals surface area contributed by atoms with Crippen molar-refractivity contribution in [3.8, 4) is 0 Å². The van der Waals surface area contributed by atoms with Crippen LogP contribution in [0, 0.1) is 0 Å². The second-order valence-corrected chi connectivity index (χ2v) is 8.46. The lowest BCUT2D eigenvalue weighted by Crippen LogP contribution is -2.38. The molecule has 7 heteroatoms. The van der Waals surface area contributed by atoms with Gasteiger partial charge in [0, 0.05) is 25.7 Å². The molecule has 2 aliphatic rings. The van der Waals surface area contributed by atoms with Crippen molar-refractivity contribution < 1.29 is 9.53 Å². The normalized spacial score (nSPS) is 18.4. The van der Waals surface area contributed by atoms with Crippen LogP contribution < -0.4 is 14.8 Å². The van der Waals surface area contributed by atoms with E-state index in [4.69, 9.17) is 21.4 Å². The van der Waals surface area contributed by atoms with Crippen LogP contribution in [0.3, 0.4) is 0 Å². The molecule has 33 heavy (non-hydrogen) atoms. The number of ether oxygens (including phenoxy) is 1. The Bertz CT molecular complexity index is 1160. The predicted molar refractivity (Wildman–Crippen MR) is 133 cm³/mol. The second-order valence-electron chi connectivity index (χ2n) is 8.05. The number of amidine groups is 1. The first-order valence-corrected chi connectivity index (χ1v) is 11.4. The van der Waals surface area contributed by atoms with Crippen LogP contribution in [0.1, 0.15) is 18.7 Å². The van der Waals surface area contributed by atoms with Crippen molar-refractivity contribution in [3.63, 3.8) is 0 Å². The minimum Gasteiger partial charge on any atom is -0.378 e. The summed E-state index contributed by atoms with van der Waals surface area (Å²) in [5, 5.41) is 7.31. The third kappa shape index (κ3) is 4.19. The smallest absolute Gasteiger partial charge is 0.198 e. The maximum Gasteiger partial charge on any atom is 0.198 e. The van der Waals surface area contributed by atoms with Gasteiger partial charge >= 0.3 is 0 Å². The fourth-order valence-electron chi connectivity index (χ4n) is 4.34. The SMILES string of the molecule is CC(=O)C1=NN(c2ccccc2)C(c2ccccc2)N1c1ccc(N2CCOCC2)c(Cl)c1. The highest BCUT2D eigenvalue weighted by Crippen LogP contribution is 2.41. The molecule has 0 aliphatic carbocycles. The van der Waals surface area contributed by atoms with Crippen molar-refractivity contribution >= 4 is 40.3 Å². The summed E-state index contributed by atoms with van der Waals surface area (Å²) in [7, 11) is 0. The summed E-state index contributed by atoms with van der Waals surface area (Å²) in [6.45, 7) is 4.53. The first-order valence-electron chi connectivity index (χ1n) is 11.0. The minimum absolute atomic E-state index is 0.109. The quantitative estimate of drug-likeness (QED) is 0.530. The predicted octanol–water partition coefficient (Wildman–Crippen LogP) is 5.10. The van der Waals surface area contributed by atoms with Gasteiger partial charge in [0.15, 0.2) is 17.8 Å². The summed E-state index contributed by atoms with van der Waals surface area (Å²) in [6.07, 6.45) is -0.321. The molecule has 168 valence electrons. The largest absolute Gasteiger partial charge is 0.378 e. The molecular formula is C26H25ClN4O2. The third-order valence-corrected chi connectivity index (χ3v) is 6.20. The topological polar surface area (TPSA) is 48.4 Å². The van der Waals surface area contributed by atoms with E-state index in [1.807, 2.05) is 76.6 Å². The number of nitrogens with zero attached hydrogens (tertiary/aromatic N) is 4. The number of ketones is 1. The monoisotopic (exact) mass is 460 g/mol. The van der Waals surface area contributed by atoms with Crippen LogP contribution in [0.25, 0.3) is 0 Å². The molecule has 0 radical (unpaired) electrons. The van der Waals surface area contributed by atoms with E-state index in [1.165, 1.54) is 0 Å². The van der Waals surface area contributed by atoms with Crippen molar-refractivity contribution in [3.05, 3.63) is 89.4 Å². The molecule has 0 aromatic heterocycles. The minimum atomic E-state index is -0.321. The number of Topliss-reactive ketones (excluding diaryl/α,β-unsaturated/α-hetero) is 1. The first-order chi connectivity index (χ1) is 16.1. The van der Waals surface area contributed by atoms with E-state index in [2.05, 4.69) is 17.0 Å². The number of morpholine rings is 1. The van der Waals surface area contributed by atoms with Gasteiger partial charge in [0.2, 0.25) is 0 Å². The Labute approximate surface area is 198 Å². The Morgan fingerprint density at radius 3 is 2.24 bits per heavy atom. The lowest BCUT2D eigenvalue weighted by molar-refractivity contribution is -0.111. The van der Waals surface area contributed by atoms with Crippen molar-refractivity contribution in [2.75, 3.05) is 41.1 Å². The third-order valence-electron chi connectivity index (χ3n) is 5.90. The zero-order chi connectivity index (χ0) is 22.8. The van der Waals surface area contributed by atoms with Crippen LogP contribution in [-0.4, -0.2) is 37.9 Å². The maximum atomic E-state index is 12.7. The lowest BCUT2D eigenvalue weighted by Gasteiger charge is -2.33. The lowest BCUT2D eigenvalue weighted by atomic mass is 10.1. The molecule has 1 fully saturated rings. The summed E-state index contributed by atoms with van der Waals surface area (Å²) in [5.41, 5.74) is 3.72. The molecule has 2 heterocycles. The summed E-state index contributed by atoms with van der Waals surface area (Å²) >= 11 is 6.77. The zero-order valence-corrected chi connectivity index (χ0v) is 19.2. The van der Waals surface area contributed by atoms with E-state index in [-0.39, 0.29) is 11.9 Å². The fraction of sp³-hybridized carbons (Fsp3) is 0.231. The number of hydrogen-bond donors (Lipinski definition) is 0. The van der Waals surface area contributed by atoms with Gasteiger partial charge in [0.25, 0.3) is 0 Å². The van der Waals surface area contributed by atoms with Crippen molar-refractivity contribution in [2.24, 2.45) is 5.10 Å². The van der Waals surface area contributed by atoms with E-state index >= 15 is 0 Å². The maximum absolute atomic E-state index is 12.7. The van der Waals surface area contributed by atoms with E-state index in [0.29, 0.717) is 24.1 Å². The molecule has 0 bridgehead atoms. The Morgan fingerprint density at radius 2 is 1.61 bits per heavy atom. The van der Waals surface area contributed by atoms with E-state index in [0.717, 1.165) is 35.7 Å². The average molecular weight is 461 g/mol. The van der Waals surface area contributed by atoms with Crippen molar-refractivity contribution in [1.82, 2.24) is 0 Å². The van der Waals surface area contributed by atoms with Gasteiger partial charge in [0.05, 0.1) is 29.6 Å². The molecule has 2 aliphatic heterocycles. The van der Waals surface area contributed by atoms with Crippen molar-refractivity contribution in [2.45, 2.75) is 13.1 Å². The molecule has 5 rings (SSSR count). The van der Waals surface area contributed by atoms with Crippen LogP contribution in [0.5, 0.6) is 0 Å². The molecule has 1 unspecified atom stereocenters. The number of hydrogen-bond acceptors (Lipinski definition) is 6. The second kappa shape index (κ2) is 9.25. The zero-order valence-electron chi connectivity index (χ0n) is 18.4. The molecule has 0 saturated carbocycles. The number of rotatable bonds is 5. The van der Waals surface area contributed by atoms with Gasteiger partial charge in [-0.2, -0.15) is 0 Å².